The number of rotatable bonds is 6. The molecule has 0 saturated carbocycles. The summed E-state index contributed by atoms with van der Waals surface area (Å²) in [6, 6.07) is 5.93. The number of nitrogens with two attached hydrogens (primary N) is 1. The fraction of sp³-hybridized carbons (Fsp3) is 0.600. The molecule has 1 aromatic carbocycles. The molecule has 0 aliphatic carbocycles. The minimum absolute atomic E-state index is 0.138. The lowest BCUT2D eigenvalue weighted by Gasteiger charge is -2.41. The highest BCUT2D eigenvalue weighted by Gasteiger charge is 2.37. The molecule has 3 N–H and O–H groups in total. The van der Waals surface area contributed by atoms with E-state index >= 15 is 0 Å². The SMILES string of the molecule is CC1CN(S(=O)(=O)N2CCN(C(C)C(=O)Nc3ccc(C(N)=O)cc3)CC2)CC(C)O1. The minimum Gasteiger partial charge on any atom is -0.373 e. The van der Waals surface area contributed by atoms with Crippen molar-refractivity contribution in [3.63, 3.8) is 0 Å². The van der Waals surface area contributed by atoms with Gasteiger partial charge in [-0.05, 0) is 45.0 Å². The van der Waals surface area contributed by atoms with Gasteiger partial charge in [0.15, 0.2) is 0 Å². The summed E-state index contributed by atoms with van der Waals surface area (Å²) in [5, 5.41) is 2.82. The number of primary amides is 1. The zero-order valence-corrected chi connectivity index (χ0v) is 19.0. The Morgan fingerprint density at radius 3 is 2.10 bits per heavy atom. The maximum Gasteiger partial charge on any atom is 0.282 e. The summed E-state index contributed by atoms with van der Waals surface area (Å²) in [5.41, 5.74) is 6.16. The lowest BCUT2D eigenvalue weighted by molar-refractivity contribution is -0.121. The summed E-state index contributed by atoms with van der Waals surface area (Å²) in [4.78, 5) is 25.7. The highest BCUT2D eigenvalue weighted by Crippen LogP contribution is 2.20. The van der Waals surface area contributed by atoms with Crippen molar-refractivity contribution in [2.45, 2.75) is 39.0 Å². The summed E-state index contributed by atoms with van der Waals surface area (Å²) in [5.74, 6) is -0.723. The van der Waals surface area contributed by atoms with E-state index in [9.17, 15) is 18.0 Å². The highest BCUT2D eigenvalue weighted by atomic mass is 32.2. The average Bonchev–Trinajstić information content (AvgIpc) is 2.73. The number of nitrogens with zero attached hydrogens (tertiary/aromatic N) is 3. The molecule has 31 heavy (non-hydrogen) atoms. The van der Waals surface area contributed by atoms with Crippen LogP contribution in [0.4, 0.5) is 5.69 Å². The number of hydrogen-bond donors (Lipinski definition) is 2. The lowest BCUT2D eigenvalue weighted by atomic mass is 10.2. The van der Waals surface area contributed by atoms with E-state index in [4.69, 9.17) is 10.5 Å². The Hall–Kier alpha value is -2.05. The molecule has 11 heteroatoms. The quantitative estimate of drug-likeness (QED) is 0.629. The van der Waals surface area contributed by atoms with Crippen molar-refractivity contribution in [1.82, 2.24) is 13.5 Å². The van der Waals surface area contributed by atoms with Crippen molar-refractivity contribution in [2.24, 2.45) is 5.73 Å². The predicted molar refractivity (Wildman–Crippen MR) is 117 cm³/mol. The molecular weight excluding hydrogens is 422 g/mol. The first-order valence-electron chi connectivity index (χ1n) is 10.4. The summed E-state index contributed by atoms with van der Waals surface area (Å²) in [6.07, 6.45) is -0.277. The van der Waals surface area contributed by atoms with Crippen LogP contribution in [-0.2, 0) is 19.7 Å². The van der Waals surface area contributed by atoms with Gasteiger partial charge in [0.1, 0.15) is 0 Å². The Labute approximate surface area is 183 Å². The topological polar surface area (TPSA) is 125 Å². The second-order valence-corrected chi connectivity index (χ2v) is 10.1. The van der Waals surface area contributed by atoms with E-state index in [0.29, 0.717) is 50.5 Å². The summed E-state index contributed by atoms with van der Waals surface area (Å²) < 4.78 is 34.7. The molecule has 3 atom stereocenters. The van der Waals surface area contributed by atoms with Crippen LogP contribution in [0.3, 0.4) is 0 Å². The van der Waals surface area contributed by atoms with Crippen LogP contribution in [0.5, 0.6) is 0 Å². The fourth-order valence-corrected chi connectivity index (χ4v) is 5.68. The Balaban J connectivity index is 1.54. The number of benzene rings is 1. The van der Waals surface area contributed by atoms with Gasteiger partial charge >= 0.3 is 0 Å². The van der Waals surface area contributed by atoms with E-state index in [-0.39, 0.29) is 18.1 Å². The average molecular weight is 454 g/mol. The van der Waals surface area contributed by atoms with Gasteiger partial charge in [0.2, 0.25) is 11.8 Å². The van der Waals surface area contributed by atoms with Gasteiger partial charge in [0.05, 0.1) is 18.2 Å². The van der Waals surface area contributed by atoms with E-state index in [1.807, 2.05) is 18.7 Å². The van der Waals surface area contributed by atoms with E-state index in [1.54, 1.807) is 31.2 Å². The standard InChI is InChI=1S/C20H31N5O5S/c1-14-12-25(13-15(2)30-14)31(28,29)24-10-8-23(9-11-24)16(3)20(27)22-18-6-4-17(5-7-18)19(21)26/h4-7,14-16H,8-13H2,1-3H3,(H2,21,26)(H,22,27). The molecule has 2 aliphatic heterocycles. The lowest BCUT2D eigenvalue weighted by Crippen LogP contribution is -2.58. The minimum atomic E-state index is -3.56. The molecule has 10 nitrogen and oxygen atoms in total. The van der Waals surface area contributed by atoms with Gasteiger partial charge in [-0.15, -0.1) is 0 Å². The van der Waals surface area contributed by atoms with Crippen LogP contribution in [0.1, 0.15) is 31.1 Å². The van der Waals surface area contributed by atoms with Crippen molar-refractivity contribution < 1.29 is 22.7 Å². The maximum atomic E-state index is 13.0. The molecule has 2 saturated heterocycles. The molecular formula is C20H31N5O5S. The monoisotopic (exact) mass is 453 g/mol. The van der Waals surface area contributed by atoms with E-state index in [0.717, 1.165) is 0 Å². The molecule has 0 spiro atoms. The largest absolute Gasteiger partial charge is 0.373 e. The molecule has 2 amide bonds. The number of morpholine rings is 1. The van der Waals surface area contributed by atoms with Gasteiger partial charge in [-0.2, -0.15) is 17.0 Å². The van der Waals surface area contributed by atoms with Crippen molar-refractivity contribution in [1.29, 1.82) is 0 Å². The Kier molecular flexibility index (Phi) is 7.32. The number of nitrogens with one attached hydrogen (secondary N) is 1. The molecule has 172 valence electrons. The molecule has 1 aromatic rings. The summed E-state index contributed by atoms with van der Waals surface area (Å²) in [6.45, 7) is 7.81. The molecule has 3 unspecified atom stereocenters. The first-order valence-corrected chi connectivity index (χ1v) is 11.8. The smallest absolute Gasteiger partial charge is 0.282 e. The molecule has 0 radical (unpaired) electrons. The van der Waals surface area contributed by atoms with Crippen molar-refractivity contribution in [3.8, 4) is 0 Å². The van der Waals surface area contributed by atoms with Gasteiger partial charge in [0, 0.05) is 50.5 Å². The predicted octanol–water partition coefficient (Wildman–Crippen LogP) is 0.0841. The van der Waals surface area contributed by atoms with Gasteiger partial charge in [-0.3, -0.25) is 14.5 Å². The van der Waals surface area contributed by atoms with Crippen LogP contribution in [-0.4, -0.2) is 91.3 Å². The molecule has 2 fully saturated rings. The van der Waals surface area contributed by atoms with Crippen LogP contribution in [0.15, 0.2) is 24.3 Å². The van der Waals surface area contributed by atoms with Crippen molar-refractivity contribution >= 4 is 27.7 Å². The zero-order chi connectivity index (χ0) is 22.8. The van der Waals surface area contributed by atoms with Gasteiger partial charge in [0.25, 0.3) is 10.2 Å². The maximum absolute atomic E-state index is 13.0. The first-order chi connectivity index (χ1) is 14.6. The number of carbonyl (C=O) groups is 2. The van der Waals surface area contributed by atoms with Gasteiger partial charge in [-0.1, -0.05) is 0 Å². The van der Waals surface area contributed by atoms with E-state index < -0.39 is 22.2 Å². The Bertz CT molecular complexity index is 889. The Morgan fingerprint density at radius 1 is 1.03 bits per heavy atom. The third-order valence-electron chi connectivity index (χ3n) is 5.68. The second-order valence-electron chi connectivity index (χ2n) is 8.12. The number of amides is 2. The van der Waals surface area contributed by atoms with Crippen LogP contribution in [0.2, 0.25) is 0 Å². The van der Waals surface area contributed by atoms with Crippen molar-refractivity contribution in [2.75, 3.05) is 44.6 Å². The molecule has 2 aliphatic rings. The normalized spacial score (nSPS) is 25.1. The molecule has 2 heterocycles. The van der Waals surface area contributed by atoms with Crippen LogP contribution in [0.25, 0.3) is 0 Å². The van der Waals surface area contributed by atoms with Gasteiger partial charge < -0.3 is 15.8 Å². The van der Waals surface area contributed by atoms with Crippen LogP contribution >= 0.6 is 0 Å². The fourth-order valence-electron chi connectivity index (χ4n) is 3.93. The number of anilines is 1. The number of piperazine rings is 1. The third kappa shape index (κ3) is 5.60. The van der Waals surface area contributed by atoms with Crippen molar-refractivity contribution in [3.05, 3.63) is 29.8 Å². The second kappa shape index (κ2) is 9.61. The zero-order valence-electron chi connectivity index (χ0n) is 18.2. The molecule has 0 bridgehead atoms. The molecule has 3 rings (SSSR count). The first kappa shape index (κ1) is 23.6. The van der Waals surface area contributed by atoms with E-state index in [1.165, 1.54) is 8.61 Å². The number of hydrogen-bond acceptors (Lipinski definition) is 6. The summed E-state index contributed by atoms with van der Waals surface area (Å²) >= 11 is 0. The van der Waals surface area contributed by atoms with E-state index in [2.05, 4.69) is 5.32 Å². The van der Waals surface area contributed by atoms with Crippen LogP contribution < -0.4 is 11.1 Å². The molecule has 0 aromatic heterocycles. The third-order valence-corrected chi connectivity index (χ3v) is 7.64. The highest BCUT2D eigenvalue weighted by molar-refractivity contribution is 7.86. The van der Waals surface area contributed by atoms with Crippen LogP contribution in [0, 0.1) is 0 Å². The Morgan fingerprint density at radius 2 is 1.58 bits per heavy atom. The number of carbonyl (C=O) groups excluding carboxylic acids is 2. The number of ether oxygens (including phenoxy) is 1. The van der Waals surface area contributed by atoms with Gasteiger partial charge in [-0.25, -0.2) is 0 Å². The summed E-state index contributed by atoms with van der Waals surface area (Å²) in [7, 11) is -3.56.